The minimum Gasteiger partial charge on any atom is -0.436 e. The van der Waals surface area contributed by atoms with Crippen molar-refractivity contribution in [3.8, 4) is 0 Å². The van der Waals surface area contributed by atoms with E-state index in [9.17, 15) is 14.4 Å². The fourth-order valence-electron chi connectivity index (χ4n) is 4.67. The number of amides is 2. The lowest BCUT2D eigenvalue weighted by Crippen LogP contribution is -2.41. The minimum absolute atomic E-state index is 0.122. The number of rotatable bonds is 5. The van der Waals surface area contributed by atoms with Crippen LogP contribution < -0.4 is 4.90 Å². The molecule has 0 aliphatic carbocycles. The molecule has 1 saturated heterocycles. The summed E-state index contributed by atoms with van der Waals surface area (Å²) in [6, 6.07) is 14.1. The summed E-state index contributed by atoms with van der Waals surface area (Å²) in [5.74, 6) is -0.570. The van der Waals surface area contributed by atoms with Crippen molar-refractivity contribution >= 4 is 46.2 Å². The van der Waals surface area contributed by atoms with Gasteiger partial charge in [0.05, 0.1) is 5.92 Å². The Bertz CT molecular complexity index is 1310. The summed E-state index contributed by atoms with van der Waals surface area (Å²) in [6.07, 6.45) is 1.45. The van der Waals surface area contributed by atoms with Gasteiger partial charge in [-0.25, -0.2) is 9.97 Å². The quantitative estimate of drug-likeness (QED) is 0.384. The van der Waals surface area contributed by atoms with E-state index in [1.54, 1.807) is 42.5 Å². The van der Waals surface area contributed by atoms with E-state index in [1.165, 1.54) is 4.90 Å². The largest absolute Gasteiger partial charge is 0.436 e. The van der Waals surface area contributed by atoms with Crippen LogP contribution in [-0.2, 0) is 14.3 Å². The number of piperidine rings is 1. The van der Waals surface area contributed by atoms with Gasteiger partial charge in [-0.15, -0.1) is 0 Å². The minimum atomic E-state index is -0.935. The summed E-state index contributed by atoms with van der Waals surface area (Å²) in [7, 11) is 0. The Morgan fingerprint density at radius 1 is 1.06 bits per heavy atom. The molecule has 0 N–H and O–H groups in total. The van der Waals surface area contributed by atoms with Gasteiger partial charge in [0.2, 0.25) is 12.1 Å². The molecule has 5 rings (SSSR count). The van der Waals surface area contributed by atoms with E-state index in [4.69, 9.17) is 16.3 Å². The fraction of sp³-hybridized carbons (Fsp3) is 0.346. The number of fused-ring (bicyclic) bond motifs is 2. The Hall–Kier alpha value is -3.52. The third kappa shape index (κ3) is 4.46. The van der Waals surface area contributed by atoms with Crippen LogP contribution in [0.25, 0.3) is 11.0 Å². The predicted molar refractivity (Wildman–Crippen MR) is 131 cm³/mol. The van der Waals surface area contributed by atoms with Gasteiger partial charge in [0.1, 0.15) is 11.0 Å². The van der Waals surface area contributed by atoms with E-state index in [0.717, 1.165) is 11.8 Å². The van der Waals surface area contributed by atoms with Crippen molar-refractivity contribution in [2.24, 2.45) is 5.92 Å². The zero-order valence-electron chi connectivity index (χ0n) is 19.3. The molecule has 3 aromatic rings. The van der Waals surface area contributed by atoms with Gasteiger partial charge < -0.3 is 9.64 Å². The summed E-state index contributed by atoms with van der Waals surface area (Å²) >= 11 is 6.04. The number of ether oxygens (including phenoxy) is 1. The average Bonchev–Trinajstić information content (AvgIpc) is 3.15. The molecule has 9 heteroatoms. The van der Waals surface area contributed by atoms with Crippen LogP contribution in [0, 0.1) is 5.92 Å². The number of anilines is 1. The lowest BCUT2D eigenvalue weighted by molar-refractivity contribution is -0.156. The van der Waals surface area contributed by atoms with Crippen molar-refractivity contribution in [3.05, 3.63) is 64.8 Å². The fourth-order valence-corrected chi connectivity index (χ4v) is 4.81. The zero-order chi connectivity index (χ0) is 24.5. The molecule has 1 atom stereocenters. The van der Waals surface area contributed by atoms with Gasteiger partial charge in [0.25, 0.3) is 5.91 Å². The number of nitrogens with zero attached hydrogens (tertiary/aromatic N) is 4. The predicted octanol–water partition coefficient (Wildman–Crippen LogP) is 4.52. The van der Waals surface area contributed by atoms with Crippen LogP contribution in [0.5, 0.6) is 0 Å². The normalized spacial score (nSPS) is 18.1. The molecule has 0 bridgehead atoms. The van der Waals surface area contributed by atoms with E-state index in [0.29, 0.717) is 60.1 Å². The molecule has 4 heterocycles. The molecule has 8 nitrogen and oxygen atoms in total. The van der Waals surface area contributed by atoms with Crippen molar-refractivity contribution in [3.63, 3.8) is 0 Å². The number of hydrogen-bond donors (Lipinski definition) is 0. The Kier molecular flexibility index (Phi) is 6.38. The molecule has 0 spiro atoms. The first-order valence-electron chi connectivity index (χ1n) is 11.8. The highest BCUT2D eigenvalue weighted by Crippen LogP contribution is 2.39. The second-order valence-electron chi connectivity index (χ2n) is 8.81. The monoisotopic (exact) mass is 492 g/mol. The molecule has 2 aliphatic heterocycles. The van der Waals surface area contributed by atoms with E-state index in [-0.39, 0.29) is 23.7 Å². The first-order chi connectivity index (χ1) is 17.0. The average molecular weight is 493 g/mol. The van der Waals surface area contributed by atoms with Crippen LogP contribution >= 0.6 is 11.6 Å². The second kappa shape index (κ2) is 9.62. The first kappa shape index (κ1) is 23.2. The number of pyridine rings is 2. The first-order valence-corrected chi connectivity index (χ1v) is 12.2. The van der Waals surface area contributed by atoms with Crippen LogP contribution in [0.3, 0.4) is 0 Å². The van der Waals surface area contributed by atoms with Crippen molar-refractivity contribution in [2.75, 3.05) is 18.0 Å². The number of aromatic nitrogens is 2. The van der Waals surface area contributed by atoms with E-state index in [2.05, 4.69) is 9.97 Å². The molecule has 1 aromatic carbocycles. The Morgan fingerprint density at radius 3 is 2.57 bits per heavy atom. The van der Waals surface area contributed by atoms with Gasteiger partial charge in [-0.1, -0.05) is 36.7 Å². The van der Waals surface area contributed by atoms with Gasteiger partial charge >= 0.3 is 5.97 Å². The number of esters is 1. The zero-order valence-corrected chi connectivity index (χ0v) is 20.1. The number of hydrogen-bond acceptors (Lipinski definition) is 6. The maximum Gasteiger partial charge on any atom is 0.311 e. The highest BCUT2D eigenvalue weighted by Gasteiger charge is 2.42. The standard InChI is InChI=1S/C26H25ClN4O4/c1-2-5-22(32)30-14-12-17(13-15-30)26(34)35-25-19-7-4-3-6-18(19)24(33)31(25)21-11-9-16-8-10-20(27)28-23(16)29-21/h3-4,6-11,17,25H,2,5,12-15H2,1H3. The highest BCUT2D eigenvalue weighted by atomic mass is 35.5. The van der Waals surface area contributed by atoms with Crippen LogP contribution in [0.1, 0.15) is 54.8 Å². The van der Waals surface area contributed by atoms with Crippen molar-refractivity contribution in [1.29, 1.82) is 0 Å². The Morgan fingerprint density at radius 2 is 1.80 bits per heavy atom. The van der Waals surface area contributed by atoms with E-state index >= 15 is 0 Å². The van der Waals surface area contributed by atoms with Crippen molar-refractivity contribution in [2.45, 2.75) is 38.8 Å². The molecular formula is C26H25ClN4O4. The second-order valence-corrected chi connectivity index (χ2v) is 9.19. The van der Waals surface area contributed by atoms with E-state index < -0.39 is 6.23 Å². The van der Waals surface area contributed by atoms with Gasteiger partial charge in [0.15, 0.2) is 5.65 Å². The van der Waals surface area contributed by atoms with Gasteiger partial charge in [-0.3, -0.25) is 19.3 Å². The highest BCUT2D eigenvalue weighted by molar-refractivity contribution is 6.29. The van der Waals surface area contributed by atoms with Crippen LogP contribution in [0.4, 0.5) is 5.82 Å². The summed E-state index contributed by atoms with van der Waals surface area (Å²) in [4.78, 5) is 50.7. The molecule has 2 aromatic heterocycles. The van der Waals surface area contributed by atoms with E-state index in [1.807, 2.05) is 17.9 Å². The molecule has 180 valence electrons. The molecule has 1 fully saturated rings. The summed E-state index contributed by atoms with van der Waals surface area (Å²) in [5, 5.41) is 1.07. The third-order valence-corrected chi connectivity index (χ3v) is 6.74. The van der Waals surface area contributed by atoms with Crippen LogP contribution in [-0.4, -0.2) is 45.7 Å². The number of carbonyl (C=O) groups excluding carboxylic acids is 3. The van der Waals surface area contributed by atoms with Crippen molar-refractivity contribution in [1.82, 2.24) is 14.9 Å². The number of benzene rings is 1. The van der Waals surface area contributed by atoms with Gasteiger partial charge in [-0.2, -0.15) is 0 Å². The smallest absolute Gasteiger partial charge is 0.311 e. The maximum atomic E-state index is 13.4. The van der Waals surface area contributed by atoms with Crippen LogP contribution in [0.15, 0.2) is 48.5 Å². The van der Waals surface area contributed by atoms with Gasteiger partial charge in [-0.05, 0) is 49.6 Å². The Labute approximate surface area is 207 Å². The van der Waals surface area contributed by atoms with Crippen LogP contribution in [0.2, 0.25) is 5.15 Å². The van der Waals surface area contributed by atoms with Crippen molar-refractivity contribution < 1.29 is 19.1 Å². The molecule has 2 amide bonds. The molecule has 2 aliphatic rings. The molecule has 0 saturated carbocycles. The molecular weight excluding hydrogens is 468 g/mol. The summed E-state index contributed by atoms with van der Waals surface area (Å²) < 4.78 is 5.97. The molecule has 1 unspecified atom stereocenters. The number of carbonyl (C=O) groups is 3. The maximum absolute atomic E-state index is 13.4. The third-order valence-electron chi connectivity index (χ3n) is 6.53. The number of likely N-dealkylation sites (tertiary alicyclic amines) is 1. The molecule has 35 heavy (non-hydrogen) atoms. The Balaban J connectivity index is 1.40. The summed E-state index contributed by atoms with van der Waals surface area (Å²) in [6.45, 7) is 3.03. The van der Waals surface area contributed by atoms with Gasteiger partial charge in [0, 0.05) is 36.0 Å². The molecule has 0 radical (unpaired) electrons. The lowest BCUT2D eigenvalue weighted by Gasteiger charge is -2.32. The topological polar surface area (TPSA) is 92.7 Å². The number of halogens is 1. The summed E-state index contributed by atoms with van der Waals surface area (Å²) in [5.41, 5.74) is 1.47. The SMILES string of the molecule is CCCC(=O)N1CCC(C(=O)OC2c3ccccc3C(=O)N2c2ccc3ccc(Cl)nc3n2)CC1. The lowest BCUT2D eigenvalue weighted by atomic mass is 9.96.